The fraction of sp³-hybridized carbons (Fsp3) is 0.286. The average molecular weight is 648 g/mol. The third kappa shape index (κ3) is 7.65. The van der Waals surface area contributed by atoms with E-state index in [2.05, 4.69) is 112 Å². The fourth-order valence-corrected chi connectivity index (χ4v) is 6.75. The Kier molecular flexibility index (Phi) is 7.23. The van der Waals surface area contributed by atoms with Crippen LogP contribution in [0.5, 0.6) is 0 Å². The summed E-state index contributed by atoms with van der Waals surface area (Å²) in [5, 5.41) is 2.55. The van der Waals surface area contributed by atoms with E-state index in [1.54, 1.807) is 0 Å². The first-order valence-corrected chi connectivity index (χ1v) is 16.0. The number of aliphatic imine (C=N–C) groups is 1. The van der Waals surface area contributed by atoms with Crippen LogP contribution in [0, 0.1) is 0 Å². The van der Waals surface area contributed by atoms with E-state index in [-0.39, 0.29) is 20.0 Å². The molecule has 0 atom stereocenters. The van der Waals surface area contributed by atoms with Gasteiger partial charge in [-0.25, -0.2) is 0 Å². The summed E-state index contributed by atoms with van der Waals surface area (Å²) < 4.78 is 70.3. The Morgan fingerprint density at radius 2 is 1.50 bits per heavy atom. The van der Waals surface area contributed by atoms with Crippen molar-refractivity contribution in [1.29, 1.82) is 0 Å². The maximum absolute atomic E-state index is 10.7. The number of rotatable bonds is 3. The molecule has 2 aromatic carbocycles. The normalized spacial score (nSPS) is 16.4. The summed E-state index contributed by atoms with van der Waals surface area (Å²) in [5.41, 5.74) is 5.88. The Balaban J connectivity index is 0.000000470. The summed E-state index contributed by atoms with van der Waals surface area (Å²) in [6.07, 6.45) is 0. The summed E-state index contributed by atoms with van der Waals surface area (Å²) in [4.78, 5) is 7.08. The quantitative estimate of drug-likeness (QED) is 0.0749. The van der Waals surface area contributed by atoms with Gasteiger partial charge in [0.25, 0.3) is 0 Å². The molecule has 4 nitrogen and oxygen atoms in total. The Labute approximate surface area is 234 Å². The van der Waals surface area contributed by atoms with Gasteiger partial charge in [-0.05, 0) is 0 Å². The molecule has 0 radical (unpaired) electrons. The van der Waals surface area contributed by atoms with Crippen LogP contribution >= 0.6 is 7.81 Å². The minimum atomic E-state index is -10.7. The van der Waals surface area contributed by atoms with Gasteiger partial charge in [0.2, 0.25) is 0 Å². The average Bonchev–Trinajstić information content (AvgIpc) is 3.19. The molecule has 0 saturated carbocycles. The number of halogens is 6. The molecule has 0 fully saturated rings. The molecule has 0 bridgehead atoms. The second-order valence-corrected chi connectivity index (χ2v) is 14.8. The Morgan fingerprint density at radius 3 is 2.05 bits per heavy atom. The predicted molar refractivity (Wildman–Crippen MR) is 155 cm³/mol. The molecule has 0 aromatic heterocycles. The number of fused-ring (bicyclic) bond motifs is 2. The summed E-state index contributed by atoms with van der Waals surface area (Å²) >= 11 is 0.227. The zero-order valence-corrected chi connectivity index (χ0v) is 25.5. The molecule has 12 heteroatoms. The van der Waals surface area contributed by atoms with Crippen molar-refractivity contribution in [1.82, 2.24) is 4.58 Å². The van der Waals surface area contributed by atoms with Crippen LogP contribution < -0.4 is 14.8 Å². The van der Waals surface area contributed by atoms with Gasteiger partial charge in [-0.1, -0.05) is 0 Å². The van der Waals surface area contributed by atoms with Gasteiger partial charge in [0.15, 0.2) is 0 Å². The molecular weight excluding hydrogens is 618 g/mol. The van der Waals surface area contributed by atoms with Crippen LogP contribution in [0.4, 0.5) is 30.9 Å². The number of nitrogens with zero attached hydrogens (tertiary/aromatic N) is 3. The number of hydrogen-bond donors (Lipinski definition) is 0. The van der Waals surface area contributed by atoms with Crippen LogP contribution in [0.3, 0.4) is 0 Å². The van der Waals surface area contributed by atoms with Crippen molar-refractivity contribution in [2.24, 2.45) is 4.99 Å². The van der Waals surface area contributed by atoms with Gasteiger partial charge in [-0.15, -0.1) is 0 Å². The third-order valence-corrected chi connectivity index (χ3v) is 8.46. The van der Waals surface area contributed by atoms with Gasteiger partial charge < -0.3 is 0 Å². The van der Waals surface area contributed by atoms with Gasteiger partial charge in [-0.3, -0.25) is 0 Å². The first-order valence-electron chi connectivity index (χ1n) is 12.3. The fourth-order valence-electron chi connectivity index (χ4n) is 4.32. The van der Waals surface area contributed by atoms with Crippen LogP contribution in [0.1, 0.15) is 19.4 Å². The molecule has 2 aliphatic heterocycles. The van der Waals surface area contributed by atoms with E-state index in [9.17, 15) is 25.2 Å². The molecule has 40 heavy (non-hydrogen) atoms. The van der Waals surface area contributed by atoms with Crippen molar-refractivity contribution in [3.63, 3.8) is 0 Å². The molecular formula is C28H30F6N3OPSe. The Hall–Kier alpha value is -2.87. The molecule has 3 aliphatic rings. The first-order chi connectivity index (χ1) is 18.2. The van der Waals surface area contributed by atoms with Gasteiger partial charge in [-0.2, -0.15) is 0 Å². The van der Waals surface area contributed by atoms with Gasteiger partial charge in [0, 0.05) is 0 Å². The molecule has 2 heterocycles. The van der Waals surface area contributed by atoms with Crippen LogP contribution in [-0.2, 0) is 4.74 Å². The zero-order valence-electron chi connectivity index (χ0n) is 22.9. The molecule has 5 rings (SSSR count). The first kappa shape index (κ1) is 30.1. The van der Waals surface area contributed by atoms with Crippen molar-refractivity contribution < 1.29 is 29.9 Å². The van der Waals surface area contributed by atoms with Crippen molar-refractivity contribution in [2.45, 2.75) is 19.4 Å². The number of benzene rings is 3. The second kappa shape index (κ2) is 9.61. The van der Waals surface area contributed by atoms with E-state index in [0.717, 1.165) is 11.5 Å². The SMILES string of the molecule is CN(C)c1ccc2c(-c3ccccc3C3=NC(C)(C)CO3)c3ccc(=[N+](C)C)cc-3[se]c2c1.F[P-](F)(F)(F)(F)F. The summed E-state index contributed by atoms with van der Waals surface area (Å²) in [5.74, 6) is 0.747. The van der Waals surface area contributed by atoms with E-state index in [1.165, 1.54) is 41.8 Å². The van der Waals surface area contributed by atoms with Gasteiger partial charge in [0.05, 0.1) is 0 Å². The van der Waals surface area contributed by atoms with E-state index in [1.807, 2.05) is 0 Å². The van der Waals surface area contributed by atoms with Crippen LogP contribution in [-0.4, -0.2) is 60.7 Å². The Bertz CT molecular complexity index is 1660. The summed E-state index contributed by atoms with van der Waals surface area (Å²) in [7, 11) is -2.24. The van der Waals surface area contributed by atoms with Crippen molar-refractivity contribution in [3.8, 4) is 21.1 Å². The molecule has 1 aliphatic carbocycles. The second-order valence-electron chi connectivity index (χ2n) is 10.6. The molecule has 2 aromatic rings. The molecule has 0 N–H and O–H groups in total. The number of hydrogen-bond acceptors (Lipinski definition) is 3. The maximum atomic E-state index is 9.87. The van der Waals surface area contributed by atoms with E-state index < -0.39 is 7.81 Å². The van der Waals surface area contributed by atoms with Gasteiger partial charge >= 0.3 is 235 Å². The molecule has 0 amide bonds. The third-order valence-electron chi connectivity index (χ3n) is 6.11. The van der Waals surface area contributed by atoms with Crippen molar-refractivity contribution in [2.75, 3.05) is 39.7 Å². The number of anilines is 1. The van der Waals surface area contributed by atoms with Crippen LogP contribution in [0.15, 0.2) is 65.7 Å². The summed E-state index contributed by atoms with van der Waals surface area (Å²) in [6.45, 7) is 4.85. The standard InChI is InChI=1S/C28H30N3OSe.F6P/c1-28(2)17-32-27(29-28)21-10-8-7-9-20(21)26-22-13-11-18(30(3)4)15-24(22)33-25-16-19(31(5)6)12-14-23(25)26;1-7(2,3,4,5)6/h7-16H,17H2,1-6H3;/q+1;-1. The van der Waals surface area contributed by atoms with E-state index >= 15 is 0 Å². The Morgan fingerprint density at radius 1 is 0.875 bits per heavy atom. The zero-order chi connectivity index (χ0) is 29.7. The monoisotopic (exact) mass is 649 g/mol. The predicted octanol–water partition coefficient (Wildman–Crippen LogP) is 7.70. The van der Waals surface area contributed by atoms with Crippen LogP contribution in [0.25, 0.3) is 30.8 Å². The van der Waals surface area contributed by atoms with E-state index in [4.69, 9.17) is 9.73 Å². The topological polar surface area (TPSA) is 27.8 Å². The summed E-state index contributed by atoms with van der Waals surface area (Å²) in [6, 6.07) is 22.3. The minimum absolute atomic E-state index is 0.195. The molecule has 0 unspecified atom stereocenters. The van der Waals surface area contributed by atoms with Crippen molar-refractivity contribution in [3.05, 3.63) is 71.6 Å². The van der Waals surface area contributed by atoms with Crippen molar-refractivity contribution >= 4 is 43.5 Å². The van der Waals surface area contributed by atoms with E-state index in [0.29, 0.717) is 6.61 Å². The molecule has 0 spiro atoms. The molecule has 216 valence electrons. The van der Waals surface area contributed by atoms with Gasteiger partial charge in [0.1, 0.15) is 0 Å². The van der Waals surface area contributed by atoms with Crippen LogP contribution in [0.2, 0.25) is 0 Å². The molecule has 0 saturated heterocycles. The number of ether oxygens (including phenoxy) is 1.